The van der Waals surface area contributed by atoms with Gasteiger partial charge in [0, 0.05) is 31.4 Å². The molecule has 1 heterocycles. The molecule has 3 rings (SSSR count). The molecule has 2 unspecified atom stereocenters. The molecule has 1 aromatic rings. The average Bonchev–Trinajstić information content (AvgIpc) is 3.19. The lowest BCUT2D eigenvalue weighted by Gasteiger charge is -2.19. The molecule has 0 spiro atoms. The van der Waals surface area contributed by atoms with E-state index in [0.29, 0.717) is 35.5 Å². The quantitative estimate of drug-likeness (QED) is 0.475. The van der Waals surface area contributed by atoms with Crippen molar-refractivity contribution in [2.24, 2.45) is 4.99 Å². The molecule has 7 heteroatoms. The summed E-state index contributed by atoms with van der Waals surface area (Å²) in [7, 11) is 1.73. The minimum Gasteiger partial charge on any atom is -0.355 e. The maximum absolute atomic E-state index is 12.3. The Kier molecular flexibility index (Phi) is 5.63. The van der Waals surface area contributed by atoms with E-state index in [1.54, 1.807) is 31.3 Å². The van der Waals surface area contributed by atoms with Crippen LogP contribution < -0.4 is 10.6 Å². The van der Waals surface area contributed by atoms with Crippen molar-refractivity contribution in [2.45, 2.75) is 30.6 Å². The summed E-state index contributed by atoms with van der Waals surface area (Å²) in [6.45, 7) is 0.801. The predicted molar refractivity (Wildman–Crippen MR) is 101 cm³/mol. The molecule has 1 aromatic carbocycles. The largest absolute Gasteiger partial charge is 0.355 e. The summed E-state index contributed by atoms with van der Waals surface area (Å²) in [5.41, 5.74) is 0.980. The zero-order valence-corrected chi connectivity index (χ0v) is 15.4. The van der Waals surface area contributed by atoms with Crippen LogP contribution in [0.25, 0.3) is 0 Å². The molecule has 1 aliphatic carbocycles. The van der Waals surface area contributed by atoms with Gasteiger partial charge >= 0.3 is 0 Å². The van der Waals surface area contributed by atoms with Crippen LogP contribution in [0.5, 0.6) is 0 Å². The van der Waals surface area contributed by atoms with E-state index < -0.39 is 0 Å². The van der Waals surface area contributed by atoms with Gasteiger partial charge < -0.3 is 10.6 Å². The summed E-state index contributed by atoms with van der Waals surface area (Å²) in [5, 5.41) is 7.36. The first-order valence-corrected chi connectivity index (χ1v) is 9.88. The van der Waals surface area contributed by atoms with E-state index >= 15 is 0 Å². The molecule has 134 valence electrons. The van der Waals surface area contributed by atoms with E-state index in [2.05, 4.69) is 21.9 Å². The number of carbonyl (C=O) groups excluding carboxylic acids is 2. The summed E-state index contributed by atoms with van der Waals surface area (Å²) < 4.78 is 0. The van der Waals surface area contributed by atoms with Gasteiger partial charge in [-0.1, -0.05) is 12.1 Å². The Morgan fingerprint density at radius 3 is 2.48 bits per heavy atom. The second-order valence-corrected chi connectivity index (χ2v) is 7.46. The fraction of sp³-hybridized carbons (Fsp3) is 0.500. The van der Waals surface area contributed by atoms with Crippen LogP contribution >= 0.6 is 11.8 Å². The normalized spacial score (nSPS) is 23.1. The standard InChI is InChI=1S/C18H24N4O2S/c1-19-18(21-12-7-8-13(11-12)25-2)20-9-10-22-16(23)14-5-3-4-6-15(14)17(22)24/h3-6,12-13H,7-11H2,1-2H3,(H2,19,20,21). The highest BCUT2D eigenvalue weighted by Gasteiger charge is 2.34. The second kappa shape index (κ2) is 7.91. The van der Waals surface area contributed by atoms with Crippen LogP contribution in [-0.2, 0) is 0 Å². The van der Waals surface area contributed by atoms with Crippen molar-refractivity contribution < 1.29 is 9.59 Å². The zero-order chi connectivity index (χ0) is 17.8. The van der Waals surface area contributed by atoms with Gasteiger partial charge in [0.1, 0.15) is 0 Å². The third-order valence-corrected chi connectivity index (χ3v) is 5.88. The fourth-order valence-corrected chi connectivity index (χ4v) is 4.20. The summed E-state index contributed by atoms with van der Waals surface area (Å²) in [5.74, 6) is 0.288. The lowest BCUT2D eigenvalue weighted by molar-refractivity contribution is 0.0657. The second-order valence-electron chi connectivity index (χ2n) is 6.32. The minimum atomic E-state index is -0.219. The smallest absolute Gasteiger partial charge is 0.261 e. The molecule has 25 heavy (non-hydrogen) atoms. The van der Waals surface area contributed by atoms with Crippen LogP contribution in [0.3, 0.4) is 0 Å². The number of fused-ring (bicyclic) bond motifs is 1. The number of carbonyl (C=O) groups is 2. The number of hydrogen-bond acceptors (Lipinski definition) is 4. The van der Waals surface area contributed by atoms with E-state index in [-0.39, 0.29) is 11.8 Å². The van der Waals surface area contributed by atoms with Crippen LogP contribution in [0.4, 0.5) is 0 Å². The van der Waals surface area contributed by atoms with E-state index in [9.17, 15) is 9.59 Å². The predicted octanol–water partition coefficient (Wildman–Crippen LogP) is 1.73. The first kappa shape index (κ1) is 17.8. The van der Waals surface area contributed by atoms with Crippen LogP contribution in [0.2, 0.25) is 0 Å². The summed E-state index contributed by atoms with van der Waals surface area (Å²) in [6.07, 6.45) is 5.66. The number of aliphatic imine (C=N–C) groups is 1. The van der Waals surface area contributed by atoms with E-state index in [0.717, 1.165) is 18.8 Å². The maximum Gasteiger partial charge on any atom is 0.261 e. The first-order chi connectivity index (χ1) is 12.1. The number of benzene rings is 1. The highest BCUT2D eigenvalue weighted by atomic mass is 32.2. The Balaban J connectivity index is 1.49. The van der Waals surface area contributed by atoms with Crippen LogP contribution in [0.15, 0.2) is 29.3 Å². The Hall–Kier alpha value is -2.02. The molecule has 2 aliphatic rings. The van der Waals surface area contributed by atoms with Gasteiger partial charge in [0.25, 0.3) is 11.8 Å². The molecule has 1 saturated carbocycles. The Labute approximate surface area is 152 Å². The molecule has 0 radical (unpaired) electrons. The van der Waals surface area contributed by atoms with Crippen molar-refractivity contribution in [3.05, 3.63) is 35.4 Å². The third kappa shape index (κ3) is 3.81. The topological polar surface area (TPSA) is 73.8 Å². The summed E-state index contributed by atoms with van der Waals surface area (Å²) in [6, 6.07) is 7.39. The molecule has 6 nitrogen and oxygen atoms in total. The summed E-state index contributed by atoms with van der Waals surface area (Å²) in [4.78, 5) is 30.2. The minimum absolute atomic E-state index is 0.219. The van der Waals surface area contributed by atoms with Gasteiger partial charge in [0.2, 0.25) is 0 Å². The monoisotopic (exact) mass is 360 g/mol. The average molecular weight is 360 g/mol. The lowest BCUT2D eigenvalue weighted by atomic mass is 10.1. The highest BCUT2D eigenvalue weighted by Crippen LogP contribution is 2.28. The number of rotatable bonds is 5. The van der Waals surface area contributed by atoms with Crippen molar-refractivity contribution in [3.63, 3.8) is 0 Å². The van der Waals surface area contributed by atoms with Gasteiger partial charge in [-0.05, 0) is 37.7 Å². The maximum atomic E-state index is 12.3. The molecule has 0 saturated heterocycles. The third-order valence-electron chi connectivity index (χ3n) is 4.79. The molecule has 2 N–H and O–H groups in total. The van der Waals surface area contributed by atoms with Crippen molar-refractivity contribution in [3.8, 4) is 0 Å². The van der Waals surface area contributed by atoms with Gasteiger partial charge in [-0.2, -0.15) is 11.8 Å². The van der Waals surface area contributed by atoms with Gasteiger partial charge in [-0.15, -0.1) is 0 Å². The molecule has 1 fully saturated rings. The Morgan fingerprint density at radius 1 is 1.24 bits per heavy atom. The number of nitrogens with zero attached hydrogens (tertiary/aromatic N) is 2. The number of imide groups is 1. The number of guanidine groups is 1. The van der Waals surface area contributed by atoms with Gasteiger partial charge in [0.15, 0.2) is 5.96 Å². The molecule has 1 aliphatic heterocycles. The summed E-state index contributed by atoms with van der Waals surface area (Å²) >= 11 is 1.92. The number of amides is 2. The van der Waals surface area contributed by atoms with Crippen molar-refractivity contribution in [1.82, 2.24) is 15.5 Å². The van der Waals surface area contributed by atoms with Crippen molar-refractivity contribution in [1.29, 1.82) is 0 Å². The van der Waals surface area contributed by atoms with Crippen LogP contribution in [0, 0.1) is 0 Å². The van der Waals surface area contributed by atoms with E-state index in [1.807, 2.05) is 11.8 Å². The number of nitrogens with one attached hydrogen (secondary N) is 2. The number of thioether (sulfide) groups is 1. The van der Waals surface area contributed by atoms with Gasteiger partial charge in [-0.3, -0.25) is 19.5 Å². The fourth-order valence-electron chi connectivity index (χ4n) is 3.40. The first-order valence-electron chi connectivity index (χ1n) is 8.59. The Bertz CT molecular complexity index is 656. The zero-order valence-electron chi connectivity index (χ0n) is 14.6. The SMILES string of the molecule is CN=C(NCCN1C(=O)c2ccccc2C1=O)NC1CCC(SC)C1. The molecular weight excluding hydrogens is 336 g/mol. The molecule has 2 atom stereocenters. The Morgan fingerprint density at radius 2 is 1.92 bits per heavy atom. The highest BCUT2D eigenvalue weighted by molar-refractivity contribution is 7.99. The lowest BCUT2D eigenvalue weighted by Crippen LogP contribution is -2.45. The molecule has 2 amide bonds. The van der Waals surface area contributed by atoms with E-state index in [1.165, 1.54) is 11.3 Å². The van der Waals surface area contributed by atoms with Crippen LogP contribution in [-0.4, -0.2) is 60.4 Å². The molecule has 0 aromatic heterocycles. The van der Waals surface area contributed by atoms with Crippen molar-refractivity contribution >= 4 is 29.5 Å². The van der Waals surface area contributed by atoms with Gasteiger partial charge in [-0.25, -0.2) is 0 Å². The van der Waals surface area contributed by atoms with Gasteiger partial charge in [0.05, 0.1) is 11.1 Å². The molecular formula is C18H24N4O2S. The van der Waals surface area contributed by atoms with Crippen LogP contribution in [0.1, 0.15) is 40.0 Å². The van der Waals surface area contributed by atoms with E-state index in [4.69, 9.17) is 0 Å². The van der Waals surface area contributed by atoms with Crippen molar-refractivity contribution in [2.75, 3.05) is 26.4 Å². The number of hydrogen-bond donors (Lipinski definition) is 2. The molecule has 0 bridgehead atoms.